The van der Waals surface area contributed by atoms with E-state index in [1.54, 1.807) is 12.5 Å². The van der Waals surface area contributed by atoms with Crippen molar-refractivity contribution in [1.29, 1.82) is 0 Å². The van der Waals surface area contributed by atoms with Gasteiger partial charge in [0.1, 0.15) is 17.8 Å². The molecule has 1 fully saturated rings. The van der Waals surface area contributed by atoms with Crippen LogP contribution in [0.5, 0.6) is 0 Å². The van der Waals surface area contributed by atoms with E-state index in [4.69, 9.17) is 0 Å². The van der Waals surface area contributed by atoms with Gasteiger partial charge in [-0.3, -0.25) is 0 Å². The molecular formula is C14H16FN7. The minimum atomic E-state index is -0.554. The van der Waals surface area contributed by atoms with Crippen LogP contribution in [-0.2, 0) is 6.54 Å². The Hall–Kier alpha value is -2.64. The molecule has 0 amide bonds. The first-order chi connectivity index (χ1) is 10.8. The Kier molecular flexibility index (Phi) is 3.14. The van der Waals surface area contributed by atoms with Gasteiger partial charge in [-0.1, -0.05) is 6.07 Å². The Morgan fingerprint density at radius 3 is 2.73 bits per heavy atom. The van der Waals surface area contributed by atoms with E-state index in [-0.39, 0.29) is 0 Å². The van der Waals surface area contributed by atoms with E-state index in [2.05, 4.69) is 30.2 Å². The molecule has 1 N–H and O–H groups in total. The summed E-state index contributed by atoms with van der Waals surface area (Å²) in [5.41, 5.74) is 0.772. The van der Waals surface area contributed by atoms with Crippen LogP contribution in [0.4, 0.5) is 16.0 Å². The fourth-order valence-electron chi connectivity index (χ4n) is 2.79. The number of nitrogens with one attached hydrogen (secondary N) is 1. The highest BCUT2D eigenvalue weighted by molar-refractivity contribution is 5.77. The lowest BCUT2D eigenvalue weighted by Gasteiger charge is -2.37. The summed E-state index contributed by atoms with van der Waals surface area (Å²) in [6.45, 7) is 3.71. The van der Waals surface area contributed by atoms with Gasteiger partial charge in [-0.2, -0.15) is 9.38 Å². The first-order valence-corrected chi connectivity index (χ1v) is 7.27. The first kappa shape index (κ1) is 13.1. The van der Waals surface area contributed by atoms with E-state index >= 15 is 0 Å². The minimum Gasteiger partial charge on any atom is -0.353 e. The second-order valence-electron chi connectivity index (χ2n) is 5.24. The zero-order valence-electron chi connectivity index (χ0n) is 12.0. The van der Waals surface area contributed by atoms with Gasteiger partial charge in [-0.25, -0.2) is 14.6 Å². The molecule has 0 aliphatic carbocycles. The molecule has 8 heteroatoms. The molecule has 0 radical (unpaired) electrons. The van der Waals surface area contributed by atoms with Crippen molar-refractivity contribution in [2.45, 2.75) is 6.54 Å². The van der Waals surface area contributed by atoms with Crippen molar-refractivity contribution in [3.05, 3.63) is 36.4 Å². The minimum absolute atomic E-state index is 0.381. The number of aliphatic imine (C=N–C) groups is 1. The van der Waals surface area contributed by atoms with Crippen molar-refractivity contribution in [2.75, 3.05) is 36.1 Å². The van der Waals surface area contributed by atoms with Crippen molar-refractivity contribution in [1.82, 2.24) is 20.0 Å². The molecule has 7 nitrogen and oxygen atoms in total. The van der Waals surface area contributed by atoms with Gasteiger partial charge >= 0.3 is 0 Å². The van der Waals surface area contributed by atoms with Crippen molar-refractivity contribution < 1.29 is 4.39 Å². The van der Waals surface area contributed by atoms with Crippen LogP contribution in [0, 0.1) is 0 Å². The van der Waals surface area contributed by atoms with Crippen LogP contribution in [0.2, 0.25) is 0 Å². The van der Waals surface area contributed by atoms with Gasteiger partial charge in [0.25, 0.3) is 6.09 Å². The van der Waals surface area contributed by atoms with Crippen molar-refractivity contribution in [3.63, 3.8) is 0 Å². The molecule has 22 heavy (non-hydrogen) atoms. The molecule has 2 aromatic rings. The summed E-state index contributed by atoms with van der Waals surface area (Å²) in [5.74, 6) is 1.57. The summed E-state index contributed by atoms with van der Waals surface area (Å²) >= 11 is 0. The van der Waals surface area contributed by atoms with Gasteiger partial charge < -0.3 is 15.2 Å². The lowest BCUT2D eigenvalue weighted by atomic mass is 10.3. The molecule has 114 valence electrons. The summed E-state index contributed by atoms with van der Waals surface area (Å²) in [6.07, 6.45) is 2.96. The van der Waals surface area contributed by atoms with Gasteiger partial charge in [0.2, 0.25) is 0 Å². The Labute approximate surface area is 127 Å². The highest BCUT2D eigenvalue weighted by Gasteiger charge is 2.23. The summed E-state index contributed by atoms with van der Waals surface area (Å²) < 4.78 is 15.2. The summed E-state index contributed by atoms with van der Waals surface area (Å²) in [5, 5.41) is 4.69. The average molecular weight is 301 g/mol. The number of nitrogens with zero attached hydrogens (tertiary/aromatic N) is 6. The number of amidine groups is 1. The number of halogens is 1. The predicted octanol–water partition coefficient (Wildman–Crippen LogP) is 0.796. The third-order valence-electron chi connectivity index (χ3n) is 3.94. The molecular weight excluding hydrogens is 285 g/mol. The number of anilines is 1. The Morgan fingerprint density at radius 2 is 1.95 bits per heavy atom. The Balaban J connectivity index is 1.50. The first-order valence-electron chi connectivity index (χ1n) is 7.27. The predicted molar refractivity (Wildman–Crippen MR) is 81.7 cm³/mol. The Morgan fingerprint density at radius 1 is 1.09 bits per heavy atom. The second-order valence-corrected chi connectivity index (χ2v) is 5.24. The van der Waals surface area contributed by atoms with Crippen LogP contribution in [0.3, 0.4) is 0 Å². The maximum atomic E-state index is 13.3. The normalized spacial score (nSPS) is 17.8. The van der Waals surface area contributed by atoms with Gasteiger partial charge in [0.05, 0.1) is 19.6 Å². The molecule has 2 aliphatic rings. The molecule has 4 heterocycles. The summed E-state index contributed by atoms with van der Waals surface area (Å²) in [6, 6.07) is 5.92. The summed E-state index contributed by atoms with van der Waals surface area (Å²) in [7, 11) is 0. The molecule has 0 atom stereocenters. The van der Waals surface area contributed by atoms with Crippen LogP contribution in [-0.4, -0.2) is 46.9 Å². The van der Waals surface area contributed by atoms with Crippen molar-refractivity contribution >= 4 is 17.7 Å². The monoisotopic (exact) mass is 301 g/mol. The Bertz CT molecular complexity index is 688. The van der Waals surface area contributed by atoms with Crippen LogP contribution >= 0.6 is 0 Å². The second kappa shape index (κ2) is 5.28. The van der Waals surface area contributed by atoms with E-state index in [0.717, 1.165) is 37.7 Å². The van der Waals surface area contributed by atoms with Crippen LogP contribution < -0.4 is 15.2 Å². The number of hydrogen-bond donors (Lipinski definition) is 1. The number of hydrogen-bond acceptors (Lipinski definition) is 6. The molecule has 0 saturated carbocycles. The van der Waals surface area contributed by atoms with Gasteiger partial charge in [0.15, 0.2) is 5.82 Å². The SMILES string of the molecule is FC1=Nc2c(ncn2N2CCN(c3ccccn3)CC2)CN1. The molecule has 0 spiro atoms. The maximum Gasteiger partial charge on any atom is 0.284 e. The molecule has 2 aromatic heterocycles. The number of piperazine rings is 1. The van der Waals surface area contributed by atoms with E-state index < -0.39 is 6.09 Å². The fraction of sp³-hybridized carbons (Fsp3) is 0.357. The zero-order chi connectivity index (χ0) is 14.9. The third kappa shape index (κ3) is 2.26. The van der Waals surface area contributed by atoms with Crippen molar-refractivity contribution in [3.8, 4) is 0 Å². The van der Waals surface area contributed by atoms with Crippen LogP contribution in [0.15, 0.2) is 35.7 Å². The van der Waals surface area contributed by atoms with E-state index in [0.29, 0.717) is 12.4 Å². The number of fused-ring (bicyclic) bond motifs is 1. The van der Waals surface area contributed by atoms with E-state index in [1.807, 2.05) is 22.9 Å². The molecule has 0 bridgehead atoms. The largest absolute Gasteiger partial charge is 0.353 e. The molecule has 4 rings (SSSR count). The number of rotatable bonds is 2. The smallest absolute Gasteiger partial charge is 0.284 e. The van der Waals surface area contributed by atoms with Gasteiger partial charge in [-0.15, -0.1) is 0 Å². The molecule has 1 saturated heterocycles. The van der Waals surface area contributed by atoms with E-state index in [1.165, 1.54) is 0 Å². The summed E-state index contributed by atoms with van der Waals surface area (Å²) in [4.78, 5) is 14.9. The lowest BCUT2D eigenvalue weighted by molar-refractivity contribution is 0.526. The van der Waals surface area contributed by atoms with Crippen LogP contribution in [0.1, 0.15) is 5.69 Å². The third-order valence-corrected chi connectivity index (χ3v) is 3.94. The van der Waals surface area contributed by atoms with Gasteiger partial charge in [-0.05, 0) is 12.1 Å². The topological polar surface area (TPSA) is 61.6 Å². The fourth-order valence-corrected chi connectivity index (χ4v) is 2.79. The zero-order valence-corrected chi connectivity index (χ0v) is 12.0. The van der Waals surface area contributed by atoms with Crippen molar-refractivity contribution in [2.24, 2.45) is 4.99 Å². The number of pyridine rings is 1. The molecule has 2 aliphatic heterocycles. The number of aromatic nitrogens is 3. The van der Waals surface area contributed by atoms with E-state index in [9.17, 15) is 4.39 Å². The highest BCUT2D eigenvalue weighted by atomic mass is 19.1. The average Bonchev–Trinajstić information content (AvgIpc) is 2.99. The van der Waals surface area contributed by atoms with Crippen LogP contribution in [0.25, 0.3) is 0 Å². The standard InChI is InChI=1S/C14H16FN7/c15-14-17-9-11-13(19-14)22(10-18-11)21-7-5-20(6-8-21)12-3-1-2-4-16-12/h1-4,10H,5-9H2,(H,17,19). The molecule has 0 unspecified atom stereocenters. The lowest BCUT2D eigenvalue weighted by Crippen LogP contribution is -2.51. The quantitative estimate of drug-likeness (QED) is 0.831. The maximum absolute atomic E-state index is 13.3. The highest BCUT2D eigenvalue weighted by Crippen LogP contribution is 2.23. The van der Waals surface area contributed by atoms with Gasteiger partial charge in [0, 0.05) is 19.3 Å². The molecule has 0 aromatic carbocycles. The number of imidazole rings is 1.